The van der Waals surface area contributed by atoms with Crippen molar-refractivity contribution in [1.82, 2.24) is 15.2 Å². The minimum atomic E-state index is 0.341. The molecule has 5 nitrogen and oxygen atoms in total. The summed E-state index contributed by atoms with van der Waals surface area (Å²) in [6.45, 7) is 0. The summed E-state index contributed by atoms with van der Waals surface area (Å²) in [7, 11) is 0. The summed E-state index contributed by atoms with van der Waals surface area (Å²) >= 11 is 4.89. The summed E-state index contributed by atoms with van der Waals surface area (Å²) in [6, 6.07) is 0. The van der Waals surface area contributed by atoms with E-state index in [2.05, 4.69) is 26.6 Å². The molecule has 0 atom stereocenters. The van der Waals surface area contributed by atoms with Crippen LogP contribution in [0.25, 0.3) is 0 Å². The Morgan fingerprint density at radius 2 is 2.40 bits per heavy atom. The van der Waals surface area contributed by atoms with Gasteiger partial charge >= 0.3 is 0 Å². The van der Waals surface area contributed by atoms with E-state index in [1.807, 2.05) is 6.08 Å². The van der Waals surface area contributed by atoms with Crippen molar-refractivity contribution in [1.29, 1.82) is 0 Å². The standard InChI is InChI=1S/C9H8N4OS/c15-9-11-7-8(12-13-9)14-6-4-2-1-3-5(6)10-7/h1,3H,2,4H2,(H2,10,11,13,15). The second-order valence-electron chi connectivity index (χ2n) is 3.30. The number of rotatable bonds is 0. The first-order chi connectivity index (χ1) is 7.33. The van der Waals surface area contributed by atoms with E-state index in [1.54, 1.807) is 0 Å². The van der Waals surface area contributed by atoms with Crippen LogP contribution in [0.15, 0.2) is 23.6 Å². The van der Waals surface area contributed by atoms with Gasteiger partial charge in [-0.25, -0.2) is 5.10 Å². The van der Waals surface area contributed by atoms with E-state index >= 15 is 0 Å². The molecule has 0 saturated carbocycles. The van der Waals surface area contributed by atoms with E-state index in [4.69, 9.17) is 17.0 Å². The molecular weight excluding hydrogens is 212 g/mol. The number of nitrogens with one attached hydrogen (secondary N) is 2. The SMILES string of the molecule is S=c1nc2c(n[nH]1)OC1=C(C=CCC1)N2. The van der Waals surface area contributed by atoms with Gasteiger partial charge in [0, 0.05) is 6.42 Å². The fourth-order valence-electron chi connectivity index (χ4n) is 1.58. The lowest BCUT2D eigenvalue weighted by Crippen LogP contribution is -2.17. The molecule has 0 fully saturated rings. The minimum Gasteiger partial charge on any atom is -0.437 e. The molecule has 1 aromatic rings. The smallest absolute Gasteiger partial charge is 0.280 e. The summed E-state index contributed by atoms with van der Waals surface area (Å²) in [5.74, 6) is 1.94. The van der Waals surface area contributed by atoms with Gasteiger partial charge in [-0.15, -0.1) is 5.10 Å². The van der Waals surface area contributed by atoms with Crippen LogP contribution in [0.4, 0.5) is 5.82 Å². The summed E-state index contributed by atoms with van der Waals surface area (Å²) in [5, 5.41) is 9.73. The summed E-state index contributed by atoms with van der Waals surface area (Å²) in [5.41, 5.74) is 0.948. The normalized spacial score (nSPS) is 17.6. The topological polar surface area (TPSA) is 62.8 Å². The van der Waals surface area contributed by atoms with E-state index in [9.17, 15) is 0 Å². The third-order valence-corrected chi connectivity index (χ3v) is 2.45. The number of hydrogen-bond acceptors (Lipinski definition) is 5. The van der Waals surface area contributed by atoms with Crippen LogP contribution in [-0.2, 0) is 0 Å². The number of nitrogens with zero attached hydrogens (tertiary/aromatic N) is 2. The number of allylic oxidation sites excluding steroid dienone is 3. The molecule has 76 valence electrons. The molecule has 6 heteroatoms. The van der Waals surface area contributed by atoms with Gasteiger partial charge in [0.05, 0.1) is 5.70 Å². The van der Waals surface area contributed by atoms with Crippen LogP contribution in [0, 0.1) is 4.77 Å². The van der Waals surface area contributed by atoms with Crippen molar-refractivity contribution in [2.75, 3.05) is 5.32 Å². The fourth-order valence-corrected chi connectivity index (χ4v) is 1.72. The zero-order valence-electron chi connectivity index (χ0n) is 7.78. The maximum absolute atomic E-state index is 5.61. The Kier molecular flexibility index (Phi) is 1.81. The number of anilines is 1. The molecular formula is C9H8N4OS. The molecule has 0 unspecified atom stereocenters. The molecule has 0 radical (unpaired) electrons. The van der Waals surface area contributed by atoms with Crippen LogP contribution in [0.1, 0.15) is 12.8 Å². The van der Waals surface area contributed by atoms with Crippen molar-refractivity contribution in [2.24, 2.45) is 0 Å². The van der Waals surface area contributed by atoms with Gasteiger partial charge in [-0.1, -0.05) is 6.08 Å². The number of fused-ring (bicyclic) bond motifs is 1. The van der Waals surface area contributed by atoms with Crippen LogP contribution in [0.5, 0.6) is 5.88 Å². The van der Waals surface area contributed by atoms with Crippen molar-refractivity contribution >= 4 is 18.0 Å². The second-order valence-corrected chi connectivity index (χ2v) is 3.69. The molecule has 2 aliphatic rings. The molecule has 0 bridgehead atoms. The van der Waals surface area contributed by atoms with Gasteiger partial charge in [0.15, 0.2) is 5.82 Å². The quantitative estimate of drug-likeness (QED) is 0.654. The summed E-state index contributed by atoms with van der Waals surface area (Å²) in [4.78, 5) is 4.10. The minimum absolute atomic E-state index is 0.341. The van der Waals surface area contributed by atoms with Crippen molar-refractivity contribution in [2.45, 2.75) is 12.8 Å². The number of aromatic amines is 1. The van der Waals surface area contributed by atoms with E-state index in [0.29, 0.717) is 16.5 Å². The molecule has 0 spiro atoms. The Bertz CT molecular complexity index is 531. The lowest BCUT2D eigenvalue weighted by molar-refractivity contribution is 0.370. The predicted octanol–water partition coefficient (Wildman–Crippen LogP) is 1.90. The molecule has 0 aromatic carbocycles. The average molecular weight is 220 g/mol. The van der Waals surface area contributed by atoms with Gasteiger partial charge < -0.3 is 10.1 Å². The molecule has 1 aliphatic carbocycles. The second kappa shape index (κ2) is 3.16. The number of ether oxygens (including phenoxy) is 1. The number of H-pyrrole nitrogens is 1. The molecule has 3 rings (SSSR count). The Hall–Kier alpha value is -1.69. The third-order valence-electron chi connectivity index (χ3n) is 2.26. The first kappa shape index (κ1) is 8.60. The van der Waals surface area contributed by atoms with E-state index < -0.39 is 0 Å². The van der Waals surface area contributed by atoms with Crippen LogP contribution in [0.3, 0.4) is 0 Å². The van der Waals surface area contributed by atoms with Crippen molar-refractivity contribution in [3.8, 4) is 5.88 Å². The van der Waals surface area contributed by atoms with Gasteiger partial charge in [-0.3, -0.25) is 0 Å². The van der Waals surface area contributed by atoms with Crippen molar-refractivity contribution < 1.29 is 4.74 Å². The molecule has 2 N–H and O–H groups in total. The maximum Gasteiger partial charge on any atom is 0.280 e. The fraction of sp³-hybridized carbons (Fsp3) is 0.222. The molecule has 1 aromatic heterocycles. The van der Waals surface area contributed by atoms with Gasteiger partial charge in [0.2, 0.25) is 4.77 Å². The van der Waals surface area contributed by atoms with Crippen LogP contribution >= 0.6 is 12.2 Å². The lowest BCUT2D eigenvalue weighted by atomic mass is 10.1. The van der Waals surface area contributed by atoms with Gasteiger partial charge in [-0.2, -0.15) is 4.98 Å². The Morgan fingerprint density at radius 3 is 3.33 bits per heavy atom. The highest BCUT2D eigenvalue weighted by atomic mass is 32.1. The lowest BCUT2D eigenvalue weighted by Gasteiger charge is -2.22. The first-order valence-electron chi connectivity index (χ1n) is 4.64. The zero-order valence-corrected chi connectivity index (χ0v) is 8.60. The van der Waals surface area contributed by atoms with Gasteiger partial charge in [0.25, 0.3) is 5.88 Å². The molecule has 0 amide bonds. The summed E-state index contributed by atoms with van der Waals surface area (Å²) in [6.07, 6.45) is 5.96. The highest BCUT2D eigenvalue weighted by Gasteiger charge is 2.21. The van der Waals surface area contributed by atoms with E-state index in [0.717, 1.165) is 24.3 Å². The Morgan fingerprint density at radius 1 is 1.47 bits per heavy atom. The molecule has 15 heavy (non-hydrogen) atoms. The van der Waals surface area contributed by atoms with Gasteiger partial charge in [0.1, 0.15) is 5.76 Å². The summed E-state index contributed by atoms with van der Waals surface area (Å²) < 4.78 is 5.95. The van der Waals surface area contributed by atoms with Crippen LogP contribution in [-0.4, -0.2) is 15.2 Å². The number of hydrogen-bond donors (Lipinski definition) is 2. The van der Waals surface area contributed by atoms with E-state index in [1.165, 1.54) is 0 Å². The van der Waals surface area contributed by atoms with Crippen LogP contribution < -0.4 is 10.1 Å². The zero-order chi connectivity index (χ0) is 10.3. The average Bonchev–Trinajstić information content (AvgIpc) is 2.26. The van der Waals surface area contributed by atoms with Crippen molar-refractivity contribution in [3.05, 3.63) is 28.4 Å². The third kappa shape index (κ3) is 1.42. The predicted molar refractivity (Wildman–Crippen MR) is 56.9 cm³/mol. The monoisotopic (exact) mass is 220 g/mol. The molecule has 2 heterocycles. The van der Waals surface area contributed by atoms with E-state index in [-0.39, 0.29) is 0 Å². The first-order valence-corrected chi connectivity index (χ1v) is 5.05. The highest BCUT2D eigenvalue weighted by Crippen LogP contribution is 2.31. The molecule has 0 saturated heterocycles. The largest absolute Gasteiger partial charge is 0.437 e. The highest BCUT2D eigenvalue weighted by molar-refractivity contribution is 7.71. The van der Waals surface area contributed by atoms with Gasteiger partial charge in [-0.05, 0) is 24.7 Å². The molecule has 1 aliphatic heterocycles. The Labute approximate surface area is 90.9 Å². The van der Waals surface area contributed by atoms with Crippen molar-refractivity contribution in [3.63, 3.8) is 0 Å². The number of aromatic nitrogens is 3. The van der Waals surface area contributed by atoms with Crippen LogP contribution in [0.2, 0.25) is 0 Å². The maximum atomic E-state index is 5.61. The Balaban J connectivity index is 2.07.